The van der Waals surface area contributed by atoms with Crippen molar-refractivity contribution in [3.8, 4) is 16.9 Å². The Morgan fingerprint density at radius 2 is 2.05 bits per heavy atom. The van der Waals surface area contributed by atoms with Gasteiger partial charge in [0.1, 0.15) is 11.6 Å². The number of aromatic nitrogens is 1. The van der Waals surface area contributed by atoms with Crippen LogP contribution in [0.3, 0.4) is 0 Å². The van der Waals surface area contributed by atoms with Crippen LogP contribution in [0.15, 0.2) is 36.7 Å². The zero-order valence-electron chi connectivity index (χ0n) is 12.5. The topological polar surface area (TPSA) is 34.1 Å². The van der Waals surface area contributed by atoms with Crippen molar-refractivity contribution >= 4 is 0 Å². The van der Waals surface area contributed by atoms with Crippen molar-refractivity contribution in [1.82, 2.24) is 10.3 Å². The molecule has 0 amide bonds. The molecule has 0 unspecified atom stereocenters. The fourth-order valence-corrected chi connectivity index (χ4v) is 2.11. The highest BCUT2D eigenvalue weighted by Gasteiger charge is 2.08. The van der Waals surface area contributed by atoms with E-state index in [2.05, 4.69) is 17.2 Å². The molecule has 0 spiro atoms. The first kappa shape index (κ1) is 15.4. The zero-order chi connectivity index (χ0) is 15.1. The first-order valence-electron chi connectivity index (χ1n) is 7.32. The van der Waals surface area contributed by atoms with Gasteiger partial charge in [-0.05, 0) is 42.3 Å². The molecule has 0 aliphatic carbocycles. The molecule has 0 fully saturated rings. The molecule has 0 atom stereocenters. The zero-order valence-corrected chi connectivity index (χ0v) is 12.5. The lowest BCUT2D eigenvalue weighted by atomic mass is 10.0. The van der Waals surface area contributed by atoms with Crippen LogP contribution in [0.25, 0.3) is 11.1 Å². The quantitative estimate of drug-likeness (QED) is 0.841. The van der Waals surface area contributed by atoms with Gasteiger partial charge in [-0.15, -0.1) is 0 Å². The Morgan fingerprint density at radius 1 is 1.19 bits per heavy atom. The molecular weight excluding hydrogens is 267 g/mol. The maximum absolute atomic E-state index is 13.5. The number of halogens is 1. The van der Waals surface area contributed by atoms with E-state index >= 15 is 0 Å². The van der Waals surface area contributed by atoms with Gasteiger partial charge in [0.15, 0.2) is 0 Å². The summed E-state index contributed by atoms with van der Waals surface area (Å²) in [7, 11) is 0. The number of pyridine rings is 1. The molecule has 4 heteroatoms. The molecule has 0 aliphatic rings. The Labute approximate surface area is 125 Å². The first-order chi connectivity index (χ1) is 10.2. The van der Waals surface area contributed by atoms with E-state index in [9.17, 15) is 4.39 Å². The van der Waals surface area contributed by atoms with Crippen molar-refractivity contribution in [2.45, 2.75) is 26.8 Å². The lowest BCUT2D eigenvalue weighted by Crippen LogP contribution is -2.12. The lowest BCUT2D eigenvalue weighted by Gasteiger charge is -2.12. The van der Waals surface area contributed by atoms with Gasteiger partial charge in [-0.1, -0.05) is 19.9 Å². The monoisotopic (exact) mass is 288 g/mol. The summed E-state index contributed by atoms with van der Waals surface area (Å²) in [5.41, 5.74) is 2.84. The second-order valence-corrected chi connectivity index (χ2v) is 4.84. The molecule has 112 valence electrons. The molecule has 1 N–H and O–H groups in total. The molecule has 1 aromatic carbocycles. The molecule has 1 aromatic heterocycles. The van der Waals surface area contributed by atoms with Crippen LogP contribution in [0.5, 0.6) is 5.75 Å². The van der Waals surface area contributed by atoms with Crippen molar-refractivity contribution in [2.75, 3.05) is 13.2 Å². The van der Waals surface area contributed by atoms with Gasteiger partial charge in [-0.2, -0.15) is 0 Å². The second-order valence-electron chi connectivity index (χ2n) is 4.84. The van der Waals surface area contributed by atoms with Gasteiger partial charge in [0.2, 0.25) is 0 Å². The van der Waals surface area contributed by atoms with Crippen LogP contribution < -0.4 is 10.1 Å². The van der Waals surface area contributed by atoms with E-state index in [1.165, 1.54) is 6.07 Å². The maximum atomic E-state index is 13.5. The summed E-state index contributed by atoms with van der Waals surface area (Å²) in [6.07, 6.45) is 4.43. The summed E-state index contributed by atoms with van der Waals surface area (Å²) < 4.78 is 19.1. The summed E-state index contributed by atoms with van der Waals surface area (Å²) in [6, 6.07) is 6.79. The van der Waals surface area contributed by atoms with Crippen molar-refractivity contribution in [1.29, 1.82) is 0 Å². The Kier molecular flexibility index (Phi) is 5.69. The number of ether oxygens (including phenoxy) is 1. The first-order valence-corrected chi connectivity index (χ1v) is 7.32. The minimum Gasteiger partial charge on any atom is -0.492 e. The van der Waals surface area contributed by atoms with Crippen LogP contribution >= 0.6 is 0 Å². The number of hydrogen-bond acceptors (Lipinski definition) is 3. The molecular formula is C17H21FN2O. The van der Waals surface area contributed by atoms with E-state index in [0.29, 0.717) is 13.2 Å². The standard InChI is InChI=1S/C17H21FN2O/c1-3-7-21-16-9-14(11-20-12-16)17-6-5-15(18)8-13(17)10-19-4-2/h5-6,8-9,11-12,19H,3-4,7,10H2,1-2H3. The van der Waals surface area contributed by atoms with Crippen molar-refractivity contribution in [3.05, 3.63) is 48.0 Å². The van der Waals surface area contributed by atoms with E-state index in [1.807, 2.05) is 13.0 Å². The predicted molar refractivity (Wildman–Crippen MR) is 82.8 cm³/mol. The Balaban J connectivity index is 2.31. The summed E-state index contributed by atoms with van der Waals surface area (Å²) in [4.78, 5) is 4.22. The number of benzene rings is 1. The van der Waals surface area contributed by atoms with Gasteiger partial charge in [0.25, 0.3) is 0 Å². The molecule has 21 heavy (non-hydrogen) atoms. The normalized spacial score (nSPS) is 10.6. The minimum atomic E-state index is -0.224. The van der Waals surface area contributed by atoms with E-state index in [0.717, 1.165) is 35.4 Å². The molecule has 1 heterocycles. The summed E-state index contributed by atoms with van der Waals surface area (Å²) in [6.45, 7) is 6.22. The molecule has 0 radical (unpaired) electrons. The van der Waals surface area contributed by atoms with Gasteiger partial charge in [-0.25, -0.2) is 4.39 Å². The molecule has 2 rings (SSSR count). The minimum absolute atomic E-state index is 0.224. The average molecular weight is 288 g/mol. The van der Waals surface area contributed by atoms with Crippen molar-refractivity contribution in [3.63, 3.8) is 0 Å². The van der Waals surface area contributed by atoms with Crippen LogP contribution in [0.2, 0.25) is 0 Å². The van der Waals surface area contributed by atoms with Crippen molar-refractivity contribution in [2.24, 2.45) is 0 Å². The number of nitrogens with one attached hydrogen (secondary N) is 1. The molecule has 3 nitrogen and oxygen atoms in total. The second kappa shape index (κ2) is 7.74. The Morgan fingerprint density at radius 3 is 2.81 bits per heavy atom. The smallest absolute Gasteiger partial charge is 0.138 e. The van der Waals surface area contributed by atoms with Gasteiger partial charge < -0.3 is 10.1 Å². The fourth-order valence-electron chi connectivity index (χ4n) is 2.11. The highest BCUT2D eigenvalue weighted by molar-refractivity contribution is 5.67. The summed E-state index contributed by atoms with van der Waals surface area (Å²) in [5, 5.41) is 3.23. The number of hydrogen-bond donors (Lipinski definition) is 1. The molecule has 2 aromatic rings. The van der Waals surface area contributed by atoms with Crippen LogP contribution in [-0.2, 0) is 6.54 Å². The SMILES string of the molecule is CCCOc1cncc(-c2ccc(F)cc2CNCC)c1. The molecule has 0 saturated heterocycles. The fraction of sp³-hybridized carbons (Fsp3) is 0.353. The van der Waals surface area contributed by atoms with E-state index < -0.39 is 0 Å². The molecule has 0 bridgehead atoms. The average Bonchev–Trinajstić information content (AvgIpc) is 2.51. The van der Waals surface area contributed by atoms with E-state index in [4.69, 9.17) is 4.74 Å². The molecule has 0 saturated carbocycles. The van der Waals surface area contributed by atoms with Gasteiger partial charge in [0.05, 0.1) is 12.8 Å². The lowest BCUT2D eigenvalue weighted by molar-refractivity contribution is 0.316. The summed E-state index contributed by atoms with van der Waals surface area (Å²) >= 11 is 0. The Bertz CT molecular complexity index is 587. The number of rotatable bonds is 7. The number of nitrogens with zero attached hydrogens (tertiary/aromatic N) is 1. The van der Waals surface area contributed by atoms with Crippen molar-refractivity contribution < 1.29 is 9.13 Å². The van der Waals surface area contributed by atoms with Crippen LogP contribution in [0, 0.1) is 5.82 Å². The van der Waals surface area contributed by atoms with E-state index in [-0.39, 0.29) is 5.82 Å². The predicted octanol–water partition coefficient (Wildman–Crippen LogP) is 3.79. The van der Waals surface area contributed by atoms with Crippen LogP contribution in [0.1, 0.15) is 25.8 Å². The third kappa shape index (κ3) is 4.26. The third-order valence-corrected chi connectivity index (χ3v) is 3.13. The Hall–Kier alpha value is -1.94. The largest absolute Gasteiger partial charge is 0.492 e. The molecule has 0 aliphatic heterocycles. The highest BCUT2D eigenvalue weighted by Crippen LogP contribution is 2.27. The maximum Gasteiger partial charge on any atom is 0.138 e. The van der Waals surface area contributed by atoms with Crippen LogP contribution in [0.4, 0.5) is 4.39 Å². The van der Waals surface area contributed by atoms with E-state index in [1.54, 1.807) is 24.5 Å². The third-order valence-electron chi connectivity index (χ3n) is 3.13. The summed E-state index contributed by atoms with van der Waals surface area (Å²) in [5.74, 6) is 0.520. The van der Waals surface area contributed by atoms with Gasteiger partial charge >= 0.3 is 0 Å². The van der Waals surface area contributed by atoms with Gasteiger partial charge in [0, 0.05) is 18.3 Å². The van der Waals surface area contributed by atoms with Gasteiger partial charge in [-0.3, -0.25) is 4.98 Å². The highest BCUT2D eigenvalue weighted by atomic mass is 19.1. The van der Waals surface area contributed by atoms with Crippen LogP contribution in [-0.4, -0.2) is 18.1 Å².